The van der Waals surface area contributed by atoms with Crippen LogP contribution < -0.4 is 5.73 Å². The lowest BCUT2D eigenvalue weighted by Crippen LogP contribution is -2.14. The van der Waals surface area contributed by atoms with Gasteiger partial charge in [-0.1, -0.05) is 48.0 Å². The Morgan fingerprint density at radius 3 is 1.94 bits per heavy atom. The molecule has 88 valence electrons. The lowest BCUT2D eigenvalue weighted by Gasteiger charge is -2.18. The van der Waals surface area contributed by atoms with Crippen molar-refractivity contribution in [2.75, 3.05) is 0 Å². The Morgan fingerprint density at radius 1 is 0.882 bits per heavy atom. The third kappa shape index (κ3) is 2.40. The number of rotatable bonds is 2. The Balaban J connectivity index is 2.48. The van der Waals surface area contributed by atoms with Crippen molar-refractivity contribution in [2.24, 2.45) is 5.73 Å². The van der Waals surface area contributed by atoms with Crippen LogP contribution in [0.5, 0.6) is 0 Å². The first-order chi connectivity index (χ1) is 8.09. The van der Waals surface area contributed by atoms with E-state index in [1.54, 1.807) is 0 Å². The Morgan fingerprint density at radius 2 is 1.41 bits per heavy atom. The van der Waals surface area contributed by atoms with Gasteiger partial charge in [-0.2, -0.15) is 0 Å². The van der Waals surface area contributed by atoms with Crippen LogP contribution in [0.1, 0.15) is 33.9 Å². The standard InChI is InChI=1S/C16H19N/c1-11-9-12(2)15(13(3)10-11)16(17)14-7-5-4-6-8-14/h4-10,16H,17H2,1-3H3/t16-/m1/s1. The van der Waals surface area contributed by atoms with Gasteiger partial charge in [-0.05, 0) is 43.0 Å². The third-order valence-electron chi connectivity index (χ3n) is 3.21. The molecule has 0 saturated heterocycles. The third-order valence-corrected chi connectivity index (χ3v) is 3.21. The van der Waals surface area contributed by atoms with Gasteiger partial charge in [0.2, 0.25) is 0 Å². The van der Waals surface area contributed by atoms with E-state index >= 15 is 0 Å². The van der Waals surface area contributed by atoms with Gasteiger partial charge in [0.25, 0.3) is 0 Å². The van der Waals surface area contributed by atoms with Crippen molar-refractivity contribution in [3.8, 4) is 0 Å². The fraction of sp³-hybridized carbons (Fsp3) is 0.250. The summed E-state index contributed by atoms with van der Waals surface area (Å²) in [6.45, 7) is 6.40. The van der Waals surface area contributed by atoms with Crippen molar-refractivity contribution in [2.45, 2.75) is 26.8 Å². The summed E-state index contributed by atoms with van der Waals surface area (Å²) in [6.07, 6.45) is 0. The molecule has 2 aromatic carbocycles. The van der Waals surface area contributed by atoms with E-state index in [0.29, 0.717) is 0 Å². The van der Waals surface area contributed by atoms with Crippen LogP contribution in [0.25, 0.3) is 0 Å². The number of hydrogen-bond donors (Lipinski definition) is 1. The maximum Gasteiger partial charge on any atom is 0.0556 e. The molecule has 1 heteroatoms. The number of nitrogens with two attached hydrogens (primary N) is 1. The first kappa shape index (κ1) is 11.9. The largest absolute Gasteiger partial charge is 0.320 e. The van der Waals surface area contributed by atoms with Crippen molar-refractivity contribution in [1.29, 1.82) is 0 Å². The van der Waals surface area contributed by atoms with Crippen LogP contribution in [0.4, 0.5) is 0 Å². The lowest BCUT2D eigenvalue weighted by molar-refractivity contribution is 0.850. The fourth-order valence-electron chi connectivity index (χ4n) is 2.51. The monoisotopic (exact) mass is 225 g/mol. The molecule has 0 bridgehead atoms. The normalized spacial score (nSPS) is 12.5. The highest BCUT2D eigenvalue weighted by Crippen LogP contribution is 2.26. The summed E-state index contributed by atoms with van der Waals surface area (Å²) in [5, 5.41) is 0. The molecule has 1 nitrogen and oxygen atoms in total. The zero-order chi connectivity index (χ0) is 12.4. The second-order valence-corrected chi connectivity index (χ2v) is 4.70. The van der Waals surface area contributed by atoms with Crippen molar-refractivity contribution < 1.29 is 0 Å². The van der Waals surface area contributed by atoms with Crippen LogP contribution in [0.2, 0.25) is 0 Å². The van der Waals surface area contributed by atoms with Crippen molar-refractivity contribution in [1.82, 2.24) is 0 Å². The van der Waals surface area contributed by atoms with Crippen LogP contribution in [-0.4, -0.2) is 0 Å². The molecule has 1 atom stereocenters. The summed E-state index contributed by atoms with van der Waals surface area (Å²) >= 11 is 0. The molecule has 2 rings (SSSR count). The zero-order valence-electron chi connectivity index (χ0n) is 10.7. The van der Waals surface area contributed by atoms with E-state index in [1.807, 2.05) is 18.2 Å². The van der Waals surface area contributed by atoms with Crippen LogP contribution >= 0.6 is 0 Å². The Kier molecular flexibility index (Phi) is 3.30. The minimum atomic E-state index is -0.0307. The van der Waals surface area contributed by atoms with Gasteiger partial charge in [-0.15, -0.1) is 0 Å². The molecule has 0 aliphatic rings. The quantitative estimate of drug-likeness (QED) is 0.829. The van der Waals surface area contributed by atoms with E-state index in [4.69, 9.17) is 5.73 Å². The Labute approximate surface area is 103 Å². The van der Waals surface area contributed by atoms with E-state index in [-0.39, 0.29) is 6.04 Å². The van der Waals surface area contributed by atoms with Gasteiger partial charge >= 0.3 is 0 Å². The molecule has 0 saturated carbocycles. The maximum atomic E-state index is 6.37. The van der Waals surface area contributed by atoms with Crippen LogP contribution in [-0.2, 0) is 0 Å². The smallest absolute Gasteiger partial charge is 0.0556 e. The fourth-order valence-corrected chi connectivity index (χ4v) is 2.51. The molecule has 0 unspecified atom stereocenters. The Bertz CT molecular complexity index is 491. The summed E-state index contributed by atoms with van der Waals surface area (Å²) < 4.78 is 0. The number of hydrogen-bond acceptors (Lipinski definition) is 1. The first-order valence-corrected chi connectivity index (χ1v) is 5.98. The summed E-state index contributed by atoms with van der Waals surface area (Å²) in [4.78, 5) is 0. The van der Waals surface area contributed by atoms with Crippen molar-refractivity contribution >= 4 is 0 Å². The first-order valence-electron chi connectivity index (χ1n) is 5.98. The molecule has 2 N–H and O–H groups in total. The van der Waals surface area contributed by atoms with Gasteiger partial charge in [0, 0.05) is 0 Å². The van der Waals surface area contributed by atoms with E-state index < -0.39 is 0 Å². The SMILES string of the molecule is Cc1cc(C)c([C@H](N)c2ccccc2)c(C)c1. The predicted molar refractivity (Wildman–Crippen MR) is 73.1 cm³/mol. The van der Waals surface area contributed by atoms with Gasteiger partial charge in [0.05, 0.1) is 6.04 Å². The molecular weight excluding hydrogens is 206 g/mol. The van der Waals surface area contributed by atoms with E-state index in [2.05, 4.69) is 45.0 Å². The van der Waals surface area contributed by atoms with E-state index in [1.165, 1.54) is 27.8 Å². The molecule has 0 amide bonds. The van der Waals surface area contributed by atoms with Gasteiger partial charge < -0.3 is 5.73 Å². The topological polar surface area (TPSA) is 26.0 Å². The van der Waals surface area contributed by atoms with Crippen molar-refractivity contribution in [3.05, 3.63) is 70.3 Å². The van der Waals surface area contributed by atoms with Crippen molar-refractivity contribution in [3.63, 3.8) is 0 Å². The molecule has 17 heavy (non-hydrogen) atoms. The highest BCUT2D eigenvalue weighted by molar-refractivity contribution is 5.43. The number of aryl methyl sites for hydroxylation is 3. The molecule has 0 aromatic heterocycles. The summed E-state index contributed by atoms with van der Waals surface area (Å²) in [7, 11) is 0. The average Bonchev–Trinajstić information content (AvgIpc) is 2.28. The predicted octanol–water partition coefficient (Wildman–Crippen LogP) is 3.66. The molecule has 0 aliphatic carbocycles. The maximum absolute atomic E-state index is 6.37. The Hall–Kier alpha value is -1.60. The number of benzene rings is 2. The highest BCUT2D eigenvalue weighted by Gasteiger charge is 2.13. The van der Waals surface area contributed by atoms with Gasteiger partial charge in [0.15, 0.2) is 0 Å². The average molecular weight is 225 g/mol. The van der Waals surface area contributed by atoms with Gasteiger partial charge in [0.1, 0.15) is 0 Å². The highest BCUT2D eigenvalue weighted by atomic mass is 14.6. The van der Waals surface area contributed by atoms with E-state index in [0.717, 1.165) is 0 Å². The molecule has 0 fully saturated rings. The molecule has 2 aromatic rings. The summed E-state index contributed by atoms with van der Waals surface area (Å²) in [6, 6.07) is 14.6. The minimum Gasteiger partial charge on any atom is -0.320 e. The summed E-state index contributed by atoms with van der Waals surface area (Å²) in [5.74, 6) is 0. The molecular formula is C16H19N. The van der Waals surface area contributed by atoms with Gasteiger partial charge in [-0.3, -0.25) is 0 Å². The molecule has 0 radical (unpaired) electrons. The zero-order valence-corrected chi connectivity index (χ0v) is 10.7. The van der Waals surface area contributed by atoms with Crippen LogP contribution in [0, 0.1) is 20.8 Å². The molecule has 0 aliphatic heterocycles. The molecule has 0 spiro atoms. The summed E-state index contributed by atoms with van der Waals surface area (Å²) in [5.41, 5.74) is 12.6. The van der Waals surface area contributed by atoms with Crippen LogP contribution in [0.15, 0.2) is 42.5 Å². The van der Waals surface area contributed by atoms with Gasteiger partial charge in [-0.25, -0.2) is 0 Å². The lowest BCUT2D eigenvalue weighted by atomic mass is 9.91. The minimum absolute atomic E-state index is 0.0307. The van der Waals surface area contributed by atoms with E-state index in [9.17, 15) is 0 Å². The second kappa shape index (κ2) is 4.72. The molecule has 0 heterocycles. The second-order valence-electron chi connectivity index (χ2n) is 4.70. The van der Waals surface area contributed by atoms with Crippen LogP contribution in [0.3, 0.4) is 0 Å².